The molecular formula is C31H39ClN4O5S. The molecule has 2 amide bonds. The Morgan fingerprint density at radius 2 is 1.79 bits per heavy atom. The number of nitrogens with one attached hydrogen (secondary N) is 2. The number of rotatable bonds is 10. The monoisotopic (exact) mass is 614 g/mol. The molecule has 9 nitrogen and oxygen atoms in total. The number of carboxylic acid groups (broad SMARTS) is 1. The number of nitrogens with zero attached hydrogens (tertiary/aromatic N) is 1. The van der Waals surface area contributed by atoms with Crippen LogP contribution in [-0.4, -0.2) is 78.8 Å². The van der Waals surface area contributed by atoms with Crippen LogP contribution >= 0.6 is 22.9 Å². The zero-order chi connectivity index (χ0) is 30.0. The maximum atomic E-state index is 12.9. The predicted octanol–water partition coefficient (Wildman–Crippen LogP) is 4.08. The number of ether oxygens (including phenoxy) is 1. The summed E-state index contributed by atoms with van der Waals surface area (Å²) in [5.74, 6) is -1.26. The number of benzene rings is 2. The van der Waals surface area contributed by atoms with Crippen molar-refractivity contribution in [1.82, 2.24) is 15.5 Å². The number of carbonyl (C=O) groups excluding carboxylic acids is 2. The Labute approximate surface area is 255 Å². The Balaban J connectivity index is 0.000000258. The standard InChI is InChI=1S/C22H34N4O3.C9H5ClO2S/c23-22(9-4-5-10-22)21(28)25-19(17-18-7-2-1-3-8-18)20(27)24-11-6-12-26-13-15-29-16-14-26;10-6-2-1-3-7-5(6)4-8(13-7)9(11)12/h1-3,7-8,19H,4-6,9-17,23H2,(H,24,27)(H,25,28);1-4H,(H,11,12)/t19-;/m1./s1. The number of amides is 2. The number of fused-ring (bicyclic) bond motifs is 1. The van der Waals surface area contributed by atoms with Gasteiger partial charge in [0.1, 0.15) is 10.9 Å². The van der Waals surface area contributed by atoms with E-state index in [-0.39, 0.29) is 11.8 Å². The molecule has 2 heterocycles. The fourth-order valence-electron chi connectivity index (χ4n) is 5.19. The molecular weight excluding hydrogens is 576 g/mol. The number of aromatic carboxylic acids is 1. The third-order valence-electron chi connectivity index (χ3n) is 7.63. The van der Waals surface area contributed by atoms with Gasteiger partial charge < -0.3 is 26.2 Å². The summed E-state index contributed by atoms with van der Waals surface area (Å²) in [5.41, 5.74) is 6.46. The molecule has 0 radical (unpaired) electrons. The van der Waals surface area contributed by atoms with E-state index in [1.54, 1.807) is 12.1 Å². The number of halogens is 1. The lowest BCUT2D eigenvalue weighted by atomic mass is 9.96. The van der Waals surface area contributed by atoms with Gasteiger partial charge in [-0.3, -0.25) is 14.5 Å². The van der Waals surface area contributed by atoms with Crippen molar-refractivity contribution in [2.75, 3.05) is 39.4 Å². The SMILES string of the molecule is NC1(C(=O)N[C@H](Cc2ccccc2)C(=O)NCCCN2CCOCC2)CCCC1.O=C(O)c1cc2c(Cl)cccc2s1. The first kappa shape index (κ1) is 31.9. The highest BCUT2D eigenvalue weighted by molar-refractivity contribution is 7.20. The van der Waals surface area contributed by atoms with Gasteiger partial charge in [0.05, 0.1) is 18.8 Å². The summed E-state index contributed by atoms with van der Waals surface area (Å²) in [6, 6.07) is 16.2. The van der Waals surface area contributed by atoms with Gasteiger partial charge in [-0.2, -0.15) is 0 Å². The molecule has 0 spiro atoms. The zero-order valence-corrected chi connectivity index (χ0v) is 25.2. The first-order chi connectivity index (χ1) is 20.2. The molecule has 1 aliphatic heterocycles. The molecule has 42 heavy (non-hydrogen) atoms. The Morgan fingerprint density at radius 1 is 1.07 bits per heavy atom. The average molecular weight is 615 g/mol. The molecule has 5 N–H and O–H groups in total. The summed E-state index contributed by atoms with van der Waals surface area (Å²) < 4.78 is 6.27. The first-order valence-corrected chi connectivity index (χ1v) is 15.6. The van der Waals surface area contributed by atoms with Gasteiger partial charge in [0.2, 0.25) is 11.8 Å². The van der Waals surface area contributed by atoms with Crippen molar-refractivity contribution in [3.05, 3.63) is 70.1 Å². The Kier molecular flexibility index (Phi) is 11.7. The van der Waals surface area contributed by atoms with Gasteiger partial charge >= 0.3 is 5.97 Å². The summed E-state index contributed by atoms with van der Waals surface area (Å²) in [6.45, 7) is 4.96. The van der Waals surface area contributed by atoms with E-state index in [0.29, 0.717) is 35.7 Å². The highest BCUT2D eigenvalue weighted by Gasteiger charge is 2.38. The third kappa shape index (κ3) is 8.99. The van der Waals surface area contributed by atoms with E-state index in [0.717, 1.165) is 67.8 Å². The van der Waals surface area contributed by atoms with E-state index in [2.05, 4.69) is 15.5 Å². The smallest absolute Gasteiger partial charge is 0.345 e. The largest absolute Gasteiger partial charge is 0.477 e. The minimum absolute atomic E-state index is 0.147. The van der Waals surface area contributed by atoms with Gasteiger partial charge in [-0.1, -0.05) is 60.8 Å². The van der Waals surface area contributed by atoms with Crippen LogP contribution in [0, 0.1) is 0 Å². The normalized spacial score (nSPS) is 17.2. The maximum absolute atomic E-state index is 12.9. The highest BCUT2D eigenvalue weighted by atomic mass is 35.5. The van der Waals surface area contributed by atoms with Crippen LogP contribution in [0.1, 0.15) is 47.3 Å². The summed E-state index contributed by atoms with van der Waals surface area (Å²) in [5, 5.41) is 16.1. The van der Waals surface area contributed by atoms with Crippen molar-refractivity contribution in [2.24, 2.45) is 5.73 Å². The molecule has 0 bridgehead atoms. The summed E-state index contributed by atoms with van der Waals surface area (Å²) in [4.78, 5) is 38.9. The van der Waals surface area contributed by atoms with Crippen molar-refractivity contribution in [2.45, 2.75) is 50.1 Å². The van der Waals surface area contributed by atoms with Crippen molar-refractivity contribution in [3.63, 3.8) is 0 Å². The zero-order valence-electron chi connectivity index (χ0n) is 23.6. The van der Waals surface area contributed by atoms with E-state index in [4.69, 9.17) is 27.2 Å². The average Bonchev–Trinajstić information content (AvgIpc) is 3.65. The van der Waals surface area contributed by atoms with Gasteiger partial charge in [0, 0.05) is 41.2 Å². The van der Waals surface area contributed by atoms with Crippen LogP contribution in [-0.2, 0) is 20.7 Å². The molecule has 2 fully saturated rings. The lowest BCUT2D eigenvalue weighted by Crippen LogP contribution is -2.58. The number of hydrogen-bond acceptors (Lipinski definition) is 7. The number of thiophene rings is 1. The summed E-state index contributed by atoms with van der Waals surface area (Å²) in [6.07, 6.45) is 4.61. The quantitative estimate of drug-likeness (QED) is 0.253. The molecule has 11 heteroatoms. The number of hydrogen-bond donors (Lipinski definition) is 4. The van der Waals surface area contributed by atoms with Crippen LogP contribution in [0.25, 0.3) is 10.1 Å². The molecule has 3 aromatic rings. The van der Waals surface area contributed by atoms with E-state index < -0.39 is 17.6 Å². The Bertz CT molecular complexity index is 1340. The molecule has 1 atom stereocenters. The molecule has 1 aliphatic carbocycles. The van der Waals surface area contributed by atoms with Gasteiger partial charge in [0.15, 0.2) is 0 Å². The van der Waals surface area contributed by atoms with Crippen molar-refractivity contribution < 1.29 is 24.2 Å². The van der Waals surface area contributed by atoms with Crippen LogP contribution in [0.5, 0.6) is 0 Å². The Morgan fingerprint density at radius 3 is 2.45 bits per heavy atom. The van der Waals surface area contributed by atoms with Crippen LogP contribution < -0.4 is 16.4 Å². The highest BCUT2D eigenvalue weighted by Crippen LogP contribution is 2.31. The second kappa shape index (κ2) is 15.5. The van der Waals surface area contributed by atoms with Crippen molar-refractivity contribution >= 4 is 50.8 Å². The summed E-state index contributed by atoms with van der Waals surface area (Å²) >= 11 is 7.12. The van der Waals surface area contributed by atoms with Crippen LogP contribution in [0.15, 0.2) is 54.6 Å². The minimum atomic E-state index is -0.905. The predicted molar refractivity (Wildman–Crippen MR) is 166 cm³/mol. The van der Waals surface area contributed by atoms with Crippen molar-refractivity contribution in [3.8, 4) is 0 Å². The molecule has 2 aliphatic rings. The topological polar surface area (TPSA) is 134 Å². The van der Waals surface area contributed by atoms with Gasteiger partial charge in [0.25, 0.3) is 0 Å². The molecule has 5 rings (SSSR count). The molecule has 1 aromatic heterocycles. The lowest BCUT2D eigenvalue weighted by Gasteiger charge is -2.27. The first-order valence-electron chi connectivity index (χ1n) is 14.4. The fourth-order valence-corrected chi connectivity index (χ4v) is 6.40. The van der Waals surface area contributed by atoms with E-state index in [1.165, 1.54) is 11.3 Å². The Hall–Kier alpha value is -3.02. The van der Waals surface area contributed by atoms with Gasteiger partial charge in [-0.25, -0.2) is 4.79 Å². The van der Waals surface area contributed by atoms with E-state index in [9.17, 15) is 14.4 Å². The maximum Gasteiger partial charge on any atom is 0.345 e. The number of morpholine rings is 1. The lowest BCUT2D eigenvalue weighted by molar-refractivity contribution is -0.131. The fraction of sp³-hybridized carbons (Fsp3) is 0.452. The molecule has 1 saturated heterocycles. The van der Waals surface area contributed by atoms with Gasteiger partial charge in [-0.05, 0) is 49.6 Å². The van der Waals surface area contributed by atoms with E-state index in [1.807, 2.05) is 42.5 Å². The van der Waals surface area contributed by atoms with E-state index >= 15 is 0 Å². The van der Waals surface area contributed by atoms with Crippen molar-refractivity contribution in [1.29, 1.82) is 0 Å². The minimum Gasteiger partial charge on any atom is -0.477 e. The van der Waals surface area contributed by atoms with Crippen LogP contribution in [0.2, 0.25) is 5.02 Å². The second-order valence-corrected chi connectivity index (χ2v) is 12.2. The van der Waals surface area contributed by atoms with Crippen LogP contribution in [0.4, 0.5) is 0 Å². The van der Waals surface area contributed by atoms with Gasteiger partial charge in [-0.15, -0.1) is 11.3 Å². The summed E-state index contributed by atoms with van der Waals surface area (Å²) in [7, 11) is 0. The second-order valence-electron chi connectivity index (χ2n) is 10.7. The molecule has 0 unspecified atom stereocenters. The molecule has 226 valence electrons. The third-order valence-corrected chi connectivity index (χ3v) is 9.04. The molecule has 1 saturated carbocycles. The number of carboxylic acids is 1. The number of nitrogens with two attached hydrogens (primary N) is 1. The number of carbonyl (C=O) groups is 3. The van der Waals surface area contributed by atoms with Crippen LogP contribution in [0.3, 0.4) is 0 Å². The molecule has 2 aromatic carbocycles.